The molecule has 2 aromatic heterocycles. The zero-order chi connectivity index (χ0) is 26.5. The Labute approximate surface area is 218 Å². The first-order valence-corrected chi connectivity index (χ1v) is 12.7. The number of pyridine rings is 1. The van der Waals surface area contributed by atoms with Gasteiger partial charge >= 0.3 is 6.18 Å². The first-order chi connectivity index (χ1) is 18.4. The van der Waals surface area contributed by atoms with E-state index in [2.05, 4.69) is 30.4 Å². The van der Waals surface area contributed by atoms with Crippen molar-refractivity contribution in [2.45, 2.75) is 18.6 Å². The summed E-state index contributed by atoms with van der Waals surface area (Å²) in [7, 11) is 0. The number of amides is 1. The lowest BCUT2D eigenvalue weighted by Crippen LogP contribution is -2.43. The van der Waals surface area contributed by atoms with Crippen LogP contribution < -0.4 is 15.5 Å². The Hall–Kier alpha value is -3.35. The number of ether oxygens (including phenoxy) is 1. The molecule has 5 rings (SSSR count). The lowest BCUT2D eigenvalue weighted by Gasteiger charge is -2.30. The van der Waals surface area contributed by atoms with Gasteiger partial charge in [-0.05, 0) is 30.7 Å². The van der Waals surface area contributed by atoms with Crippen molar-refractivity contribution < 1.29 is 22.7 Å². The minimum Gasteiger partial charge on any atom is -0.380 e. The molecule has 38 heavy (non-hydrogen) atoms. The zero-order valence-corrected chi connectivity index (χ0v) is 20.9. The van der Waals surface area contributed by atoms with Gasteiger partial charge < -0.3 is 20.3 Å². The molecule has 9 nitrogen and oxygen atoms in total. The number of carbonyl (C=O) groups is 1. The summed E-state index contributed by atoms with van der Waals surface area (Å²) in [4.78, 5) is 29.5. The molecule has 2 saturated heterocycles. The highest BCUT2D eigenvalue weighted by Gasteiger charge is 2.35. The van der Waals surface area contributed by atoms with Gasteiger partial charge in [-0.3, -0.25) is 9.69 Å². The van der Waals surface area contributed by atoms with E-state index in [1.54, 1.807) is 12.1 Å². The smallest absolute Gasteiger partial charge is 0.380 e. The number of halogens is 3. The number of hydrogen-bond acceptors (Lipinski definition) is 8. The maximum Gasteiger partial charge on any atom is 0.451 e. The Kier molecular flexibility index (Phi) is 8.01. The van der Waals surface area contributed by atoms with Crippen LogP contribution in [0.15, 0.2) is 42.7 Å². The Morgan fingerprint density at radius 1 is 1.05 bits per heavy atom. The van der Waals surface area contributed by atoms with Crippen LogP contribution in [0.25, 0.3) is 10.9 Å². The highest BCUT2D eigenvalue weighted by atomic mass is 19.4. The quantitative estimate of drug-likeness (QED) is 0.504. The fourth-order valence-corrected chi connectivity index (χ4v) is 4.89. The Morgan fingerprint density at radius 2 is 1.84 bits per heavy atom. The molecule has 12 heteroatoms. The average Bonchev–Trinajstić information content (AvgIpc) is 3.22. The third kappa shape index (κ3) is 6.03. The molecule has 4 heterocycles. The van der Waals surface area contributed by atoms with Crippen LogP contribution in [0.4, 0.5) is 19.0 Å². The molecule has 2 aliphatic heterocycles. The molecule has 2 aliphatic rings. The predicted molar refractivity (Wildman–Crippen MR) is 136 cm³/mol. The number of piperazine rings is 1. The summed E-state index contributed by atoms with van der Waals surface area (Å²) in [5.74, 6) is -0.592. The van der Waals surface area contributed by atoms with Gasteiger partial charge in [-0.15, -0.1) is 0 Å². The number of nitrogens with zero attached hydrogens (tertiary/aromatic N) is 5. The number of anilines is 1. The van der Waals surface area contributed by atoms with E-state index in [4.69, 9.17) is 9.72 Å². The summed E-state index contributed by atoms with van der Waals surface area (Å²) in [6.07, 6.45) is -1.46. The van der Waals surface area contributed by atoms with Gasteiger partial charge in [0, 0.05) is 81.3 Å². The van der Waals surface area contributed by atoms with Gasteiger partial charge in [0.25, 0.3) is 5.91 Å². The van der Waals surface area contributed by atoms with Gasteiger partial charge in [-0.2, -0.15) is 13.2 Å². The van der Waals surface area contributed by atoms with Crippen molar-refractivity contribution in [3.8, 4) is 0 Å². The molecule has 1 amide bonds. The third-order valence-electron chi connectivity index (χ3n) is 6.87. The molecule has 1 unspecified atom stereocenters. The van der Waals surface area contributed by atoms with Crippen LogP contribution in [0.3, 0.4) is 0 Å². The fraction of sp³-hybridized carbons (Fsp3) is 0.462. The molecule has 2 fully saturated rings. The first kappa shape index (κ1) is 26.3. The average molecular weight is 530 g/mol. The van der Waals surface area contributed by atoms with Gasteiger partial charge in [-0.1, -0.05) is 6.07 Å². The molecule has 1 atom stereocenters. The molecular weight excluding hydrogens is 499 g/mol. The summed E-state index contributed by atoms with van der Waals surface area (Å²) >= 11 is 0. The maximum absolute atomic E-state index is 13.3. The lowest BCUT2D eigenvalue weighted by atomic mass is 10.1. The lowest BCUT2D eigenvalue weighted by molar-refractivity contribution is -0.145. The molecule has 0 aliphatic carbocycles. The number of alkyl halides is 3. The van der Waals surface area contributed by atoms with Crippen molar-refractivity contribution in [1.29, 1.82) is 0 Å². The molecule has 0 saturated carbocycles. The second-order valence-electron chi connectivity index (χ2n) is 9.34. The molecule has 0 spiro atoms. The van der Waals surface area contributed by atoms with Crippen molar-refractivity contribution in [2.24, 2.45) is 0 Å². The summed E-state index contributed by atoms with van der Waals surface area (Å²) in [5.41, 5.74) is 1.72. The van der Waals surface area contributed by atoms with Crippen molar-refractivity contribution in [2.75, 3.05) is 63.9 Å². The van der Waals surface area contributed by atoms with Crippen LogP contribution in [0.1, 0.15) is 34.2 Å². The fourth-order valence-electron chi connectivity index (χ4n) is 4.89. The van der Waals surface area contributed by atoms with Crippen LogP contribution in [0.5, 0.6) is 0 Å². The van der Waals surface area contributed by atoms with E-state index >= 15 is 0 Å². The molecule has 3 aromatic rings. The summed E-state index contributed by atoms with van der Waals surface area (Å²) in [6.45, 7) is 6.07. The topological polar surface area (TPSA) is 95.5 Å². The van der Waals surface area contributed by atoms with E-state index in [1.807, 2.05) is 18.2 Å². The van der Waals surface area contributed by atoms with Crippen molar-refractivity contribution in [1.82, 2.24) is 30.5 Å². The highest BCUT2D eigenvalue weighted by molar-refractivity contribution is 6.06. The zero-order valence-electron chi connectivity index (χ0n) is 20.9. The van der Waals surface area contributed by atoms with Crippen molar-refractivity contribution >= 4 is 22.6 Å². The largest absolute Gasteiger partial charge is 0.451 e. The number of nitrogens with one attached hydrogen (secondary N) is 2. The van der Waals surface area contributed by atoms with E-state index in [0.717, 1.165) is 49.3 Å². The van der Waals surface area contributed by atoms with Gasteiger partial charge in [0.15, 0.2) is 0 Å². The molecule has 202 valence electrons. The van der Waals surface area contributed by atoms with Gasteiger partial charge in [0.1, 0.15) is 5.82 Å². The Balaban J connectivity index is 1.35. The van der Waals surface area contributed by atoms with E-state index in [0.29, 0.717) is 37.4 Å². The van der Waals surface area contributed by atoms with Crippen LogP contribution in [0.2, 0.25) is 0 Å². The van der Waals surface area contributed by atoms with E-state index < -0.39 is 18.0 Å². The number of aromatic nitrogens is 3. The van der Waals surface area contributed by atoms with Crippen LogP contribution in [0, 0.1) is 0 Å². The van der Waals surface area contributed by atoms with Crippen LogP contribution in [-0.4, -0.2) is 84.8 Å². The van der Waals surface area contributed by atoms with Crippen molar-refractivity contribution in [3.63, 3.8) is 0 Å². The SMILES string of the molecule is O=C(NCC(c1cnc(C(F)(F)F)nc1)N1CCCOCC1)c1cccc2nc(N3CCNCC3)ccc12. The standard InChI is InChI=1S/C26H30F3N7O2/c27-26(28,29)25-32-15-18(16-33-25)22(35-9-2-13-38-14-12-35)17-31-24(37)20-3-1-4-21-19(20)5-6-23(34-21)36-10-7-30-8-11-36/h1,3-6,15-16,22,30H,2,7-14,17H2,(H,31,37). The van der Waals surface area contributed by atoms with Gasteiger partial charge in [0.2, 0.25) is 5.82 Å². The monoisotopic (exact) mass is 529 g/mol. The van der Waals surface area contributed by atoms with E-state index in [-0.39, 0.29) is 12.5 Å². The predicted octanol–water partition coefficient (Wildman–Crippen LogP) is 2.65. The number of carbonyl (C=O) groups excluding carboxylic acids is 1. The summed E-state index contributed by atoms with van der Waals surface area (Å²) < 4.78 is 44.6. The second-order valence-corrected chi connectivity index (χ2v) is 9.34. The Morgan fingerprint density at radius 3 is 2.61 bits per heavy atom. The number of benzene rings is 1. The second kappa shape index (κ2) is 11.6. The molecule has 0 bridgehead atoms. The maximum atomic E-state index is 13.3. The number of rotatable bonds is 6. The van der Waals surface area contributed by atoms with E-state index in [9.17, 15) is 18.0 Å². The van der Waals surface area contributed by atoms with Crippen LogP contribution >= 0.6 is 0 Å². The van der Waals surface area contributed by atoms with Crippen molar-refractivity contribution in [3.05, 3.63) is 59.7 Å². The summed E-state index contributed by atoms with van der Waals surface area (Å²) in [5, 5.41) is 7.05. The third-order valence-corrected chi connectivity index (χ3v) is 6.87. The van der Waals surface area contributed by atoms with Crippen LogP contribution in [-0.2, 0) is 10.9 Å². The highest BCUT2D eigenvalue weighted by Crippen LogP contribution is 2.28. The molecular formula is C26H30F3N7O2. The molecule has 1 aromatic carbocycles. The minimum atomic E-state index is -4.62. The normalized spacial score (nSPS) is 18.2. The molecule has 2 N–H and O–H groups in total. The first-order valence-electron chi connectivity index (χ1n) is 12.7. The van der Waals surface area contributed by atoms with Gasteiger partial charge in [-0.25, -0.2) is 15.0 Å². The Bertz CT molecular complexity index is 1240. The number of hydrogen-bond donors (Lipinski definition) is 2. The molecule has 0 radical (unpaired) electrons. The van der Waals surface area contributed by atoms with E-state index in [1.165, 1.54) is 12.4 Å². The van der Waals surface area contributed by atoms with Gasteiger partial charge in [0.05, 0.1) is 18.2 Å². The number of fused-ring (bicyclic) bond motifs is 1. The minimum absolute atomic E-state index is 0.177. The summed E-state index contributed by atoms with van der Waals surface area (Å²) in [6, 6.07) is 8.89.